The standard InChI is InChI=1S/C12H7F9O3/c1-23-8(22)6-2-4-7(5-3-6)24-12(20,21)10(15,16)9(13,14)11(17,18)19/h2-5H,1H3. The van der Waals surface area contributed by atoms with E-state index < -0.39 is 35.8 Å². The summed E-state index contributed by atoms with van der Waals surface area (Å²) in [5.41, 5.74) is -0.236. The van der Waals surface area contributed by atoms with Crippen molar-refractivity contribution in [2.24, 2.45) is 0 Å². The molecule has 24 heavy (non-hydrogen) atoms. The molecule has 0 saturated carbocycles. The van der Waals surface area contributed by atoms with E-state index in [1.165, 1.54) is 0 Å². The summed E-state index contributed by atoms with van der Waals surface area (Å²) >= 11 is 0. The number of ether oxygens (including phenoxy) is 2. The quantitative estimate of drug-likeness (QED) is 0.574. The zero-order valence-corrected chi connectivity index (χ0v) is 11.4. The van der Waals surface area contributed by atoms with Crippen LogP contribution >= 0.6 is 0 Å². The molecule has 136 valence electrons. The fourth-order valence-corrected chi connectivity index (χ4v) is 1.35. The third-order valence-corrected chi connectivity index (χ3v) is 2.64. The van der Waals surface area contributed by atoms with Gasteiger partial charge in [0, 0.05) is 0 Å². The third kappa shape index (κ3) is 3.36. The minimum absolute atomic E-state index is 0.236. The summed E-state index contributed by atoms with van der Waals surface area (Å²) < 4.78 is 121. The van der Waals surface area contributed by atoms with Crippen molar-refractivity contribution < 1.29 is 53.8 Å². The maximum Gasteiger partial charge on any atom is 0.471 e. The number of rotatable bonds is 5. The molecule has 0 heterocycles. The Hall–Kier alpha value is -2.14. The van der Waals surface area contributed by atoms with Crippen molar-refractivity contribution >= 4 is 5.97 Å². The number of hydrogen-bond donors (Lipinski definition) is 0. The minimum atomic E-state index is -7.05. The first-order chi connectivity index (χ1) is 10.7. The van der Waals surface area contributed by atoms with Gasteiger partial charge in [-0.25, -0.2) is 4.79 Å². The van der Waals surface area contributed by atoms with Crippen LogP contribution in [0.1, 0.15) is 10.4 Å². The molecule has 0 aliphatic rings. The lowest BCUT2D eigenvalue weighted by Crippen LogP contribution is -2.62. The first-order valence-electron chi connectivity index (χ1n) is 5.75. The Labute approximate surface area is 127 Å². The number of carbonyl (C=O) groups is 1. The van der Waals surface area contributed by atoms with Crippen LogP contribution in [0.15, 0.2) is 24.3 Å². The molecule has 0 aromatic heterocycles. The van der Waals surface area contributed by atoms with Crippen LogP contribution < -0.4 is 4.74 Å². The summed E-state index contributed by atoms with van der Waals surface area (Å²) in [6.07, 6.45) is -13.1. The van der Waals surface area contributed by atoms with Crippen LogP contribution in [-0.4, -0.2) is 37.2 Å². The maximum atomic E-state index is 13.2. The summed E-state index contributed by atoms with van der Waals surface area (Å²) in [5, 5.41) is 0. The molecular weight excluding hydrogens is 363 g/mol. The lowest BCUT2D eigenvalue weighted by Gasteiger charge is -2.32. The van der Waals surface area contributed by atoms with Gasteiger partial charge in [0.05, 0.1) is 12.7 Å². The second-order valence-corrected chi connectivity index (χ2v) is 4.28. The van der Waals surface area contributed by atoms with E-state index >= 15 is 0 Å². The summed E-state index contributed by atoms with van der Waals surface area (Å²) in [7, 11) is 0.973. The van der Waals surface area contributed by atoms with Crippen LogP contribution in [0.5, 0.6) is 5.75 Å². The van der Waals surface area contributed by atoms with Gasteiger partial charge < -0.3 is 9.47 Å². The van der Waals surface area contributed by atoms with Gasteiger partial charge in [0.2, 0.25) is 0 Å². The molecule has 0 N–H and O–H groups in total. The highest BCUT2D eigenvalue weighted by molar-refractivity contribution is 5.89. The average Bonchev–Trinajstić information content (AvgIpc) is 2.45. The fourth-order valence-electron chi connectivity index (χ4n) is 1.35. The van der Waals surface area contributed by atoms with Gasteiger partial charge in [0.15, 0.2) is 0 Å². The second kappa shape index (κ2) is 6.06. The van der Waals surface area contributed by atoms with Crippen molar-refractivity contribution in [3.05, 3.63) is 29.8 Å². The normalized spacial score (nSPS) is 13.6. The first kappa shape index (κ1) is 19.9. The lowest BCUT2D eigenvalue weighted by atomic mass is 10.1. The molecule has 1 rings (SSSR count). The van der Waals surface area contributed by atoms with Gasteiger partial charge in [-0.05, 0) is 24.3 Å². The maximum absolute atomic E-state index is 13.2. The molecule has 0 aliphatic carbocycles. The summed E-state index contributed by atoms with van der Waals surface area (Å²) in [6, 6.07) is 2.47. The predicted octanol–water partition coefficient (Wildman–Crippen LogP) is 4.28. The SMILES string of the molecule is COC(=O)c1ccc(OC(F)(F)C(F)(F)C(F)(F)C(F)(F)F)cc1. The second-order valence-electron chi connectivity index (χ2n) is 4.28. The number of alkyl halides is 9. The van der Waals surface area contributed by atoms with Gasteiger partial charge in [-0.15, -0.1) is 0 Å². The van der Waals surface area contributed by atoms with Crippen molar-refractivity contribution in [3.63, 3.8) is 0 Å². The summed E-state index contributed by atoms with van der Waals surface area (Å²) in [5.74, 6) is -16.1. The van der Waals surface area contributed by atoms with E-state index in [1.807, 2.05) is 0 Å². The zero-order chi connectivity index (χ0) is 19.0. The lowest BCUT2D eigenvalue weighted by molar-refractivity contribution is -0.428. The Morgan fingerprint density at radius 1 is 0.833 bits per heavy atom. The van der Waals surface area contributed by atoms with Crippen LogP contribution in [0.3, 0.4) is 0 Å². The fraction of sp³-hybridized carbons (Fsp3) is 0.417. The van der Waals surface area contributed by atoms with E-state index in [2.05, 4.69) is 9.47 Å². The van der Waals surface area contributed by atoms with E-state index in [0.29, 0.717) is 12.1 Å². The Morgan fingerprint density at radius 2 is 1.29 bits per heavy atom. The molecule has 0 saturated heterocycles. The topological polar surface area (TPSA) is 35.5 Å². The highest BCUT2D eigenvalue weighted by Gasteiger charge is 2.83. The smallest absolute Gasteiger partial charge is 0.465 e. The monoisotopic (exact) mass is 370 g/mol. The molecule has 0 radical (unpaired) electrons. The van der Waals surface area contributed by atoms with Crippen molar-refractivity contribution in [2.75, 3.05) is 7.11 Å². The van der Waals surface area contributed by atoms with Gasteiger partial charge in [-0.1, -0.05) is 0 Å². The van der Waals surface area contributed by atoms with Gasteiger partial charge in [0.25, 0.3) is 0 Å². The van der Waals surface area contributed by atoms with Gasteiger partial charge in [-0.3, -0.25) is 0 Å². The van der Waals surface area contributed by atoms with Gasteiger partial charge in [0.1, 0.15) is 5.75 Å². The molecule has 0 spiro atoms. The average molecular weight is 370 g/mol. The zero-order valence-electron chi connectivity index (χ0n) is 11.4. The number of methoxy groups -OCH3 is 1. The van der Waals surface area contributed by atoms with Crippen molar-refractivity contribution in [1.82, 2.24) is 0 Å². The predicted molar refractivity (Wildman–Crippen MR) is 59.3 cm³/mol. The molecule has 12 heteroatoms. The van der Waals surface area contributed by atoms with Crippen molar-refractivity contribution in [3.8, 4) is 5.75 Å². The molecule has 0 bridgehead atoms. The van der Waals surface area contributed by atoms with Crippen LogP contribution in [-0.2, 0) is 4.74 Å². The first-order valence-corrected chi connectivity index (χ1v) is 5.75. The Kier molecular flexibility index (Phi) is 5.02. The Morgan fingerprint density at radius 3 is 1.67 bits per heavy atom. The molecule has 3 nitrogen and oxygen atoms in total. The number of carbonyl (C=O) groups excluding carboxylic acids is 1. The van der Waals surface area contributed by atoms with Gasteiger partial charge >= 0.3 is 30.1 Å². The molecule has 1 aromatic rings. The molecule has 1 aromatic carbocycles. The third-order valence-electron chi connectivity index (χ3n) is 2.64. The van der Waals surface area contributed by atoms with E-state index in [-0.39, 0.29) is 5.56 Å². The Bertz CT molecular complexity index is 593. The van der Waals surface area contributed by atoms with E-state index in [4.69, 9.17) is 0 Å². The van der Waals surface area contributed by atoms with Crippen LogP contribution in [0.4, 0.5) is 39.5 Å². The molecule has 0 atom stereocenters. The number of hydrogen-bond acceptors (Lipinski definition) is 3. The summed E-state index contributed by atoms with van der Waals surface area (Å²) in [6.45, 7) is 0. The molecule has 0 unspecified atom stereocenters. The molecule has 0 fully saturated rings. The van der Waals surface area contributed by atoms with Crippen LogP contribution in [0, 0.1) is 0 Å². The highest BCUT2D eigenvalue weighted by Crippen LogP contribution is 2.53. The van der Waals surface area contributed by atoms with E-state index in [9.17, 15) is 44.3 Å². The largest absolute Gasteiger partial charge is 0.471 e. The van der Waals surface area contributed by atoms with Crippen LogP contribution in [0.25, 0.3) is 0 Å². The van der Waals surface area contributed by atoms with Crippen molar-refractivity contribution in [2.45, 2.75) is 24.1 Å². The van der Waals surface area contributed by atoms with E-state index in [1.54, 1.807) is 0 Å². The minimum Gasteiger partial charge on any atom is -0.465 e. The van der Waals surface area contributed by atoms with Crippen LogP contribution in [0.2, 0.25) is 0 Å². The number of esters is 1. The van der Waals surface area contributed by atoms with Gasteiger partial charge in [-0.2, -0.15) is 39.5 Å². The molecular formula is C12H7F9O3. The Balaban J connectivity index is 3.10. The van der Waals surface area contributed by atoms with E-state index in [0.717, 1.165) is 19.2 Å². The molecule has 0 amide bonds. The van der Waals surface area contributed by atoms with Crippen molar-refractivity contribution in [1.29, 1.82) is 0 Å². The number of benzene rings is 1. The number of halogens is 9. The highest BCUT2D eigenvalue weighted by atomic mass is 19.4. The summed E-state index contributed by atoms with van der Waals surface area (Å²) in [4.78, 5) is 11.1. The molecule has 0 aliphatic heterocycles.